The van der Waals surface area contributed by atoms with E-state index in [1.807, 2.05) is 25.1 Å². The van der Waals surface area contributed by atoms with Crippen LogP contribution in [0.15, 0.2) is 24.3 Å². The molecular formula is C12H17NO. The van der Waals surface area contributed by atoms with Gasteiger partial charge in [-0.1, -0.05) is 24.3 Å². The molecule has 1 saturated carbocycles. The predicted molar refractivity (Wildman–Crippen MR) is 57.0 cm³/mol. The summed E-state index contributed by atoms with van der Waals surface area (Å²) in [4.78, 5) is 0. The topological polar surface area (TPSA) is 46.2 Å². The van der Waals surface area contributed by atoms with E-state index in [2.05, 4.69) is 6.07 Å². The zero-order chi connectivity index (χ0) is 10.2. The SMILES string of the molecule is CC(O)c1ccccc1C1(CN)CC1. The van der Waals surface area contributed by atoms with Gasteiger partial charge in [-0.15, -0.1) is 0 Å². The minimum absolute atomic E-state index is 0.174. The van der Waals surface area contributed by atoms with E-state index in [9.17, 15) is 5.11 Å². The monoisotopic (exact) mass is 191 g/mol. The molecule has 3 N–H and O–H groups in total. The van der Waals surface area contributed by atoms with E-state index in [0.29, 0.717) is 6.54 Å². The minimum atomic E-state index is -0.393. The second kappa shape index (κ2) is 3.37. The molecule has 1 aromatic rings. The van der Waals surface area contributed by atoms with Crippen LogP contribution in [0.2, 0.25) is 0 Å². The van der Waals surface area contributed by atoms with E-state index in [4.69, 9.17) is 5.73 Å². The third-order valence-electron chi connectivity index (χ3n) is 3.23. The van der Waals surface area contributed by atoms with Crippen molar-refractivity contribution in [3.05, 3.63) is 35.4 Å². The molecule has 0 spiro atoms. The van der Waals surface area contributed by atoms with Crippen LogP contribution in [0.25, 0.3) is 0 Å². The van der Waals surface area contributed by atoms with Crippen LogP contribution in [0.1, 0.15) is 37.0 Å². The van der Waals surface area contributed by atoms with Gasteiger partial charge in [0, 0.05) is 12.0 Å². The molecular weight excluding hydrogens is 174 g/mol. The molecule has 0 bridgehead atoms. The van der Waals surface area contributed by atoms with Gasteiger partial charge in [0.1, 0.15) is 0 Å². The largest absolute Gasteiger partial charge is 0.389 e. The van der Waals surface area contributed by atoms with Crippen molar-refractivity contribution in [3.8, 4) is 0 Å². The molecule has 2 rings (SSSR count). The molecule has 1 aliphatic rings. The van der Waals surface area contributed by atoms with Gasteiger partial charge in [-0.3, -0.25) is 0 Å². The van der Waals surface area contributed by atoms with Gasteiger partial charge in [0.05, 0.1) is 6.10 Å². The Hall–Kier alpha value is -0.860. The van der Waals surface area contributed by atoms with Crippen LogP contribution >= 0.6 is 0 Å². The minimum Gasteiger partial charge on any atom is -0.389 e. The Labute approximate surface area is 84.7 Å². The highest BCUT2D eigenvalue weighted by molar-refractivity contribution is 5.40. The third kappa shape index (κ3) is 1.45. The molecule has 1 aromatic carbocycles. The van der Waals surface area contributed by atoms with Gasteiger partial charge in [0.25, 0.3) is 0 Å². The van der Waals surface area contributed by atoms with E-state index in [1.54, 1.807) is 0 Å². The number of aliphatic hydroxyl groups excluding tert-OH is 1. The van der Waals surface area contributed by atoms with Crippen molar-refractivity contribution in [1.82, 2.24) is 0 Å². The Morgan fingerprint density at radius 2 is 2.07 bits per heavy atom. The average Bonchev–Trinajstić information content (AvgIpc) is 2.98. The van der Waals surface area contributed by atoms with Gasteiger partial charge in [-0.2, -0.15) is 0 Å². The van der Waals surface area contributed by atoms with Crippen molar-refractivity contribution in [3.63, 3.8) is 0 Å². The third-order valence-corrected chi connectivity index (χ3v) is 3.23. The fourth-order valence-electron chi connectivity index (χ4n) is 2.08. The van der Waals surface area contributed by atoms with E-state index < -0.39 is 6.10 Å². The van der Waals surface area contributed by atoms with Gasteiger partial charge >= 0.3 is 0 Å². The molecule has 1 atom stereocenters. The average molecular weight is 191 g/mol. The maximum absolute atomic E-state index is 9.65. The lowest BCUT2D eigenvalue weighted by Crippen LogP contribution is -2.21. The maximum Gasteiger partial charge on any atom is 0.0764 e. The van der Waals surface area contributed by atoms with E-state index in [0.717, 1.165) is 18.4 Å². The highest BCUT2D eigenvalue weighted by atomic mass is 16.3. The van der Waals surface area contributed by atoms with Gasteiger partial charge in [-0.05, 0) is 30.9 Å². The molecule has 1 fully saturated rings. The molecule has 2 heteroatoms. The molecule has 0 saturated heterocycles. The van der Waals surface area contributed by atoms with Gasteiger partial charge < -0.3 is 10.8 Å². The molecule has 0 aromatic heterocycles. The summed E-state index contributed by atoms with van der Waals surface area (Å²) in [5, 5.41) is 9.65. The molecule has 1 aliphatic carbocycles. The quantitative estimate of drug-likeness (QED) is 0.764. The molecule has 0 amide bonds. The van der Waals surface area contributed by atoms with Gasteiger partial charge in [0.15, 0.2) is 0 Å². The van der Waals surface area contributed by atoms with Crippen molar-refractivity contribution in [1.29, 1.82) is 0 Å². The summed E-state index contributed by atoms with van der Waals surface area (Å²) in [6.07, 6.45) is 1.93. The van der Waals surface area contributed by atoms with E-state index in [-0.39, 0.29) is 5.41 Å². The summed E-state index contributed by atoms with van der Waals surface area (Å²) < 4.78 is 0. The molecule has 14 heavy (non-hydrogen) atoms. The Morgan fingerprint density at radius 1 is 1.43 bits per heavy atom. The van der Waals surface area contributed by atoms with Crippen LogP contribution in [0.5, 0.6) is 0 Å². The van der Waals surface area contributed by atoms with Crippen molar-refractivity contribution in [2.75, 3.05) is 6.54 Å². The van der Waals surface area contributed by atoms with Crippen LogP contribution in [-0.4, -0.2) is 11.7 Å². The standard InChI is InChI=1S/C12H17NO/c1-9(14)10-4-2-3-5-11(10)12(8-13)6-7-12/h2-5,9,14H,6-8,13H2,1H3. The Morgan fingerprint density at radius 3 is 2.57 bits per heavy atom. The summed E-state index contributed by atoms with van der Waals surface area (Å²) in [5.74, 6) is 0. The van der Waals surface area contributed by atoms with Gasteiger partial charge in [0.2, 0.25) is 0 Å². The molecule has 0 heterocycles. The molecule has 2 nitrogen and oxygen atoms in total. The molecule has 0 radical (unpaired) electrons. The summed E-state index contributed by atoms with van der Waals surface area (Å²) in [6.45, 7) is 2.50. The zero-order valence-electron chi connectivity index (χ0n) is 8.53. The van der Waals surface area contributed by atoms with Crippen molar-refractivity contribution in [2.45, 2.75) is 31.3 Å². The summed E-state index contributed by atoms with van der Waals surface area (Å²) in [6, 6.07) is 8.09. The van der Waals surface area contributed by atoms with Crippen LogP contribution in [0.4, 0.5) is 0 Å². The summed E-state index contributed by atoms with van der Waals surface area (Å²) in [5.41, 5.74) is 8.25. The predicted octanol–water partition coefficient (Wildman–Crippen LogP) is 1.73. The molecule has 1 unspecified atom stereocenters. The second-order valence-corrected chi connectivity index (χ2v) is 4.25. The Bertz CT molecular complexity index is 329. The Balaban J connectivity index is 2.42. The van der Waals surface area contributed by atoms with Crippen molar-refractivity contribution in [2.24, 2.45) is 5.73 Å². The first kappa shape index (κ1) is 9.69. The lowest BCUT2D eigenvalue weighted by molar-refractivity contribution is 0.197. The van der Waals surface area contributed by atoms with Crippen LogP contribution in [0, 0.1) is 0 Å². The molecule has 76 valence electrons. The second-order valence-electron chi connectivity index (χ2n) is 4.25. The number of nitrogens with two attached hydrogens (primary N) is 1. The first-order chi connectivity index (χ1) is 6.69. The number of hydrogen-bond donors (Lipinski definition) is 2. The number of benzene rings is 1. The van der Waals surface area contributed by atoms with Gasteiger partial charge in [-0.25, -0.2) is 0 Å². The maximum atomic E-state index is 9.65. The van der Waals surface area contributed by atoms with E-state index in [1.165, 1.54) is 5.56 Å². The van der Waals surface area contributed by atoms with Crippen LogP contribution < -0.4 is 5.73 Å². The smallest absolute Gasteiger partial charge is 0.0764 e. The first-order valence-corrected chi connectivity index (χ1v) is 5.17. The normalized spacial score (nSPS) is 20.5. The van der Waals surface area contributed by atoms with Crippen LogP contribution in [-0.2, 0) is 5.41 Å². The highest BCUT2D eigenvalue weighted by Crippen LogP contribution is 2.49. The lowest BCUT2D eigenvalue weighted by atomic mass is 9.89. The van der Waals surface area contributed by atoms with Crippen molar-refractivity contribution < 1.29 is 5.11 Å². The van der Waals surface area contributed by atoms with E-state index >= 15 is 0 Å². The van der Waals surface area contributed by atoms with Crippen molar-refractivity contribution >= 4 is 0 Å². The fraction of sp³-hybridized carbons (Fsp3) is 0.500. The molecule has 0 aliphatic heterocycles. The number of aliphatic hydroxyl groups is 1. The first-order valence-electron chi connectivity index (χ1n) is 5.17. The number of rotatable bonds is 3. The fourth-order valence-corrected chi connectivity index (χ4v) is 2.08. The zero-order valence-corrected chi connectivity index (χ0v) is 8.53. The lowest BCUT2D eigenvalue weighted by Gasteiger charge is -2.19. The van der Waals surface area contributed by atoms with Crippen LogP contribution in [0.3, 0.4) is 0 Å². The number of hydrogen-bond acceptors (Lipinski definition) is 2. The summed E-state index contributed by atoms with van der Waals surface area (Å²) in [7, 11) is 0. The Kier molecular flexibility index (Phi) is 2.33. The highest BCUT2D eigenvalue weighted by Gasteiger charge is 2.44. The summed E-state index contributed by atoms with van der Waals surface area (Å²) >= 11 is 0.